The van der Waals surface area contributed by atoms with Crippen LogP contribution in [-0.2, 0) is 9.59 Å². The SMILES string of the molecule is CCCCNC(=O)CCCCCNC=O. The Morgan fingerprint density at radius 3 is 2.60 bits per heavy atom. The summed E-state index contributed by atoms with van der Waals surface area (Å²) in [5, 5.41) is 5.47. The van der Waals surface area contributed by atoms with Gasteiger partial charge in [0, 0.05) is 19.5 Å². The molecule has 0 unspecified atom stereocenters. The topological polar surface area (TPSA) is 58.2 Å². The zero-order valence-corrected chi connectivity index (χ0v) is 9.55. The molecule has 0 aromatic rings. The van der Waals surface area contributed by atoms with Crippen LogP contribution in [0.25, 0.3) is 0 Å². The molecular weight excluding hydrogens is 192 g/mol. The molecule has 0 aliphatic heterocycles. The maximum atomic E-state index is 11.2. The fourth-order valence-electron chi connectivity index (χ4n) is 1.24. The molecule has 0 aromatic carbocycles. The number of amides is 2. The van der Waals surface area contributed by atoms with Crippen molar-refractivity contribution in [2.75, 3.05) is 13.1 Å². The Kier molecular flexibility index (Phi) is 10.2. The Balaban J connectivity index is 3.13. The average Bonchev–Trinajstić information content (AvgIpc) is 2.23. The molecule has 0 aliphatic carbocycles. The van der Waals surface area contributed by atoms with E-state index >= 15 is 0 Å². The van der Waals surface area contributed by atoms with Crippen LogP contribution >= 0.6 is 0 Å². The van der Waals surface area contributed by atoms with Crippen LogP contribution in [0.15, 0.2) is 0 Å². The van der Waals surface area contributed by atoms with E-state index in [0.29, 0.717) is 19.4 Å². The van der Waals surface area contributed by atoms with Crippen LogP contribution < -0.4 is 10.6 Å². The van der Waals surface area contributed by atoms with Crippen molar-refractivity contribution in [1.82, 2.24) is 10.6 Å². The Morgan fingerprint density at radius 2 is 1.93 bits per heavy atom. The molecular formula is C11H22N2O2. The predicted octanol–water partition coefficient (Wildman–Crippen LogP) is 1.21. The molecule has 0 heterocycles. The quantitative estimate of drug-likeness (QED) is 0.424. The fourth-order valence-corrected chi connectivity index (χ4v) is 1.24. The van der Waals surface area contributed by atoms with Crippen molar-refractivity contribution in [3.63, 3.8) is 0 Å². The number of hydrogen-bond donors (Lipinski definition) is 2. The second kappa shape index (κ2) is 11.0. The summed E-state index contributed by atoms with van der Waals surface area (Å²) in [5.41, 5.74) is 0. The second-order valence-corrected chi connectivity index (χ2v) is 3.59. The van der Waals surface area contributed by atoms with E-state index in [2.05, 4.69) is 17.6 Å². The molecule has 0 atom stereocenters. The van der Waals surface area contributed by atoms with Crippen molar-refractivity contribution < 1.29 is 9.59 Å². The van der Waals surface area contributed by atoms with Crippen LogP contribution in [0.1, 0.15) is 45.4 Å². The van der Waals surface area contributed by atoms with Gasteiger partial charge in [0.1, 0.15) is 0 Å². The van der Waals surface area contributed by atoms with E-state index in [9.17, 15) is 9.59 Å². The van der Waals surface area contributed by atoms with Crippen molar-refractivity contribution in [2.45, 2.75) is 45.4 Å². The third-order valence-electron chi connectivity index (χ3n) is 2.16. The predicted molar refractivity (Wildman–Crippen MR) is 60.5 cm³/mol. The molecule has 2 amide bonds. The van der Waals surface area contributed by atoms with Gasteiger partial charge in [-0.25, -0.2) is 0 Å². The molecule has 2 N–H and O–H groups in total. The summed E-state index contributed by atoms with van der Waals surface area (Å²) in [6, 6.07) is 0. The van der Waals surface area contributed by atoms with Gasteiger partial charge in [0.15, 0.2) is 0 Å². The number of hydrogen-bond acceptors (Lipinski definition) is 2. The third-order valence-corrected chi connectivity index (χ3v) is 2.16. The minimum atomic E-state index is 0.145. The molecule has 0 spiro atoms. The van der Waals surface area contributed by atoms with Crippen LogP contribution in [0.2, 0.25) is 0 Å². The van der Waals surface area contributed by atoms with E-state index in [1.165, 1.54) is 0 Å². The summed E-state index contributed by atoms with van der Waals surface area (Å²) in [6.07, 6.45) is 6.30. The first-order chi connectivity index (χ1) is 7.31. The summed E-state index contributed by atoms with van der Waals surface area (Å²) in [7, 11) is 0. The lowest BCUT2D eigenvalue weighted by atomic mass is 10.2. The van der Waals surface area contributed by atoms with Gasteiger partial charge in [0.25, 0.3) is 0 Å². The highest BCUT2D eigenvalue weighted by atomic mass is 16.1. The van der Waals surface area contributed by atoms with Crippen LogP contribution in [-0.4, -0.2) is 25.4 Å². The molecule has 0 aromatic heterocycles. The highest BCUT2D eigenvalue weighted by molar-refractivity contribution is 5.75. The number of carbonyl (C=O) groups excluding carboxylic acids is 2. The van der Waals surface area contributed by atoms with Crippen LogP contribution in [0.5, 0.6) is 0 Å². The number of carbonyl (C=O) groups is 2. The van der Waals surface area contributed by atoms with Gasteiger partial charge in [-0.1, -0.05) is 19.8 Å². The van der Waals surface area contributed by atoms with E-state index < -0.39 is 0 Å². The molecule has 0 rings (SSSR count). The fraction of sp³-hybridized carbons (Fsp3) is 0.818. The Labute approximate surface area is 91.8 Å². The monoisotopic (exact) mass is 214 g/mol. The number of nitrogens with one attached hydrogen (secondary N) is 2. The van der Waals surface area contributed by atoms with Gasteiger partial charge in [-0.2, -0.15) is 0 Å². The van der Waals surface area contributed by atoms with Gasteiger partial charge in [-0.15, -0.1) is 0 Å². The standard InChI is InChI=1S/C11H22N2O2/c1-2-3-9-13-11(15)7-5-4-6-8-12-10-14/h10H,2-9H2,1H3,(H,12,14)(H,13,15). The minimum absolute atomic E-state index is 0.145. The summed E-state index contributed by atoms with van der Waals surface area (Å²) < 4.78 is 0. The molecule has 88 valence electrons. The first kappa shape index (κ1) is 13.9. The van der Waals surface area contributed by atoms with Crippen molar-refractivity contribution >= 4 is 12.3 Å². The molecule has 15 heavy (non-hydrogen) atoms. The van der Waals surface area contributed by atoms with Gasteiger partial charge in [-0.3, -0.25) is 9.59 Å². The van der Waals surface area contributed by atoms with Crippen LogP contribution in [0.3, 0.4) is 0 Å². The van der Waals surface area contributed by atoms with Crippen molar-refractivity contribution in [2.24, 2.45) is 0 Å². The Hall–Kier alpha value is -1.06. The van der Waals surface area contributed by atoms with Crippen LogP contribution in [0.4, 0.5) is 0 Å². The summed E-state index contributed by atoms with van der Waals surface area (Å²) in [6.45, 7) is 3.61. The van der Waals surface area contributed by atoms with Gasteiger partial charge in [0.2, 0.25) is 12.3 Å². The van der Waals surface area contributed by atoms with Gasteiger partial charge >= 0.3 is 0 Å². The van der Waals surface area contributed by atoms with Crippen molar-refractivity contribution in [3.05, 3.63) is 0 Å². The van der Waals surface area contributed by atoms with E-state index in [4.69, 9.17) is 0 Å². The Bertz CT molecular complexity index is 172. The highest BCUT2D eigenvalue weighted by Gasteiger charge is 1.99. The largest absolute Gasteiger partial charge is 0.359 e. The first-order valence-corrected chi connectivity index (χ1v) is 5.75. The van der Waals surface area contributed by atoms with Gasteiger partial charge in [0.05, 0.1) is 0 Å². The molecule has 0 saturated heterocycles. The zero-order chi connectivity index (χ0) is 11.4. The molecule has 0 saturated carbocycles. The summed E-state index contributed by atoms with van der Waals surface area (Å²) >= 11 is 0. The summed E-state index contributed by atoms with van der Waals surface area (Å²) in [5.74, 6) is 0.145. The molecule has 0 bridgehead atoms. The smallest absolute Gasteiger partial charge is 0.219 e. The lowest BCUT2D eigenvalue weighted by Gasteiger charge is -2.03. The highest BCUT2D eigenvalue weighted by Crippen LogP contribution is 1.98. The average molecular weight is 214 g/mol. The summed E-state index contributed by atoms with van der Waals surface area (Å²) in [4.78, 5) is 21.1. The molecule has 0 aliphatic rings. The van der Waals surface area contributed by atoms with E-state index in [0.717, 1.165) is 38.6 Å². The second-order valence-electron chi connectivity index (χ2n) is 3.59. The van der Waals surface area contributed by atoms with Crippen molar-refractivity contribution in [3.8, 4) is 0 Å². The number of unbranched alkanes of at least 4 members (excludes halogenated alkanes) is 3. The minimum Gasteiger partial charge on any atom is -0.359 e. The molecule has 0 radical (unpaired) electrons. The number of rotatable bonds is 10. The maximum absolute atomic E-state index is 11.2. The first-order valence-electron chi connectivity index (χ1n) is 5.75. The van der Waals surface area contributed by atoms with E-state index in [1.807, 2.05) is 0 Å². The molecule has 4 nitrogen and oxygen atoms in total. The zero-order valence-electron chi connectivity index (χ0n) is 9.55. The molecule has 4 heteroatoms. The lowest BCUT2D eigenvalue weighted by Crippen LogP contribution is -2.23. The Morgan fingerprint density at radius 1 is 1.13 bits per heavy atom. The van der Waals surface area contributed by atoms with Crippen LogP contribution in [0, 0.1) is 0 Å². The van der Waals surface area contributed by atoms with E-state index in [1.54, 1.807) is 0 Å². The van der Waals surface area contributed by atoms with E-state index in [-0.39, 0.29) is 5.91 Å². The lowest BCUT2D eigenvalue weighted by molar-refractivity contribution is -0.121. The van der Waals surface area contributed by atoms with Gasteiger partial charge in [-0.05, 0) is 19.3 Å². The van der Waals surface area contributed by atoms with Gasteiger partial charge < -0.3 is 10.6 Å². The van der Waals surface area contributed by atoms with Crippen molar-refractivity contribution in [1.29, 1.82) is 0 Å². The maximum Gasteiger partial charge on any atom is 0.219 e. The normalized spacial score (nSPS) is 9.67. The molecule has 0 fully saturated rings. The third kappa shape index (κ3) is 10.9.